The molecule has 1 fully saturated rings. The third-order valence-electron chi connectivity index (χ3n) is 6.67. The van der Waals surface area contributed by atoms with Crippen LogP contribution in [-0.4, -0.2) is 58.9 Å². The molecule has 0 aliphatic carbocycles. The zero-order valence-corrected chi connectivity index (χ0v) is 21.4. The van der Waals surface area contributed by atoms with Gasteiger partial charge >= 0.3 is 0 Å². The lowest BCUT2D eigenvalue weighted by Crippen LogP contribution is -2.45. The van der Waals surface area contributed by atoms with E-state index in [1.165, 1.54) is 0 Å². The van der Waals surface area contributed by atoms with Gasteiger partial charge in [-0.15, -0.1) is 5.10 Å². The summed E-state index contributed by atoms with van der Waals surface area (Å²) in [5, 5.41) is 17.3. The molecule has 1 saturated heterocycles. The number of nitrogens with zero attached hydrogens (tertiary/aromatic N) is 4. The number of aryl methyl sites for hydroxylation is 1. The van der Waals surface area contributed by atoms with Crippen LogP contribution in [0.2, 0.25) is 18.6 Å². The van der Waals surface area contributed by atoms with Gasteiger partial charge in [-0.05, 0) is 60.3 Å². The molecule has 168 valence electrons. The highest BCUT2D eigenvalue weighted by Crippen LogP contribution is 2.59. The van der Waals surface area contributed by atoms with Crippen molar-refractivity contribution < 1.29 is 19.4 Å². The van der Waals surface area contributed by atoms with Gasteiger partial charge in [-0.3, -0.25) is 9.48 Å². The van der Waals surface area contributed by atoms with Crippen molar-refractivity contribution in [2.75, 3.05) is 18.6 Å². The Morgan fingerprint density at radius 3 is 2.77 bits per heavy atom. The van der Waals surface area contributed by atoms with Crippen LogP contribution in [0.4, 0.5) is 5.69 Å². The van der Waals surface area contributed by atoms with Gasteiger partial charge in [0, 0.05) is 53.4 Å². The number of benzene rings is 1. The minimum absolute atomic E-state index is 0.0324. The minimum atomic E-state index is -2.65. The van der Waals surface area contributed by atoms with E-state index < -0.39 is 13.9 Å². The number of aliphatic hydroxyl groups is 1. The molecular formula is C21H29IN4O4Si. The predicted octanol–water partition coefficient (Wildman–Crippen LogP) is 2.28. The molecule has 1 aromatic carbocycles. The molecule has 8 nitrogen and oxygen atoms in total. The third kappa shape index (κ3) is 3.75. The molecule has 0 unspecified atom stereocenters. The number of anilines is 1. The van der Waals surface area contributed by atoms with Crippen LogP contribution in [0.1, 0.15) is 24.6 Å². The molecule has 1 amide bonds. The normalized spacial score (nSPS) is 28.0. The number of hydrogen-bond donors (Lipinski definition) is 2. The quantitative estimate of drug-likeness (QED) is 0.419. The van der Waals surface area contributed by atoms with Crippen molar-refractivity contribution in [3.05, 3.63) is 39.2 Å². The maximum atomic E-state index is 13.6. The first-order valence-corrected chi connectivity index (χ1v) is 14.7. The Hall–Kier alpha value is -1.34. The second-order valence-electron chi connectivity index (χ2n) is 9.12. The van der Waals surface area contributed by atoms with Crippen molar-refractivity contribution in [2.24, 2.45) is 5.92 Å². The van der Waals surface area contributed by atoms with E-state index >= 15 is 0 Å². The predicted molar refractivity (Wildman–Crippen MR) is 127 cm³/mol. The van der Waals surface area contributed by atoms with Gasteiger partial charge in [0.1, 0.15) is 0 Å². The van der Waals surface area contributed by atoms with Gasteiger partial charge in [-0.2, -0.15) is 0 Å². The van der Waals surface area contributed by atoms with Gasteiger partial charge < -0.3 is 19.5 Å². The van der Waals surface area contributed by atoms with E-state index in [-0.39, 0.29) is 30.1 Å². The summed E-state index contributed by atoms with van der Waals surface area (Å²) in [4.78, 5) is 26.4. The van der Waals surface area contributed by atoms with Crippen molar-refractivity contribution in [3.63, 3.8) is 0 Å². The maximum Gasteiger partial charge on any atom is 0.264 e. The van der Waals surface area contributed by atoms with E-state index in [1.54, 1.807) is 16.6 Å². The topological polar surface area (TPSA) is 101 Å². The third-order valence-corrected chi connectivity index (χ3v) is 9.85. The van der Waals surface area contributed by atoms with Crippen LogP contribution in [0, 0.1) is 9.49 Å². The number of likely N-dealkylation sites (N-methyl/N-ethyl adjacent to an activating group) is 1. The van der Waals surface area contributed by atoms with E-state index in [9.17, 15) is 9.59 Å². The van der Waals surface area contributed by atoms with Crippen molar-refractivity contribution in [1.82, 2.24) is 15.0 Å². The number of aliphatic hydroxyl groups excluding tert-OH is 1. The number of fused-ring (bicyclic) bond motifs is 2. The Balaban J connectivity index is 1.67. The lowest BCUT2D eigenvalue weighted by atomic mass is 9.82. The molecule has 2 aliphatic rings. The SMILES string of the molecule is C[C@H]1[C@H]([Si](C)(C)O)[C@@H](CCn2cc(CCO)nn2)O[C@]12C(=O)N(C)c1ccc(I)cc12. The monoisotopic (exact) mass is 556 g/mol. The highest BCUT2D eigenvalue weighted by atomic mass is 127. The Morgan fingerprint density at radius 2 is 2.10 bits per heavy atom. The highest BCUT2D eigenvalue weighted by molar-refractivity contribution is 14.1. The lowest BCUT2D eigenvalue weighted by Gasteiger charge is -2.32. The molecule has 2 aliphatic heterocycles. The Morgan fingerprint density at radius 1 is 1.35 bits per heavy atom. The Labute approximate surface area is 196 Å². The first-order valence-electron chi connectivity index (χ1n) is 10.6. The van der Waals surface area contributed by atoms with E-state index in [0.29, 0.717) is 19.4 Å². The van der Waals surface area contributed by atoms with Crippen LogP contribution < -0.4 is 4.90 Å². The zero-order chi connectivity index (χ0) is 22.6. The fraction of sp³-hybridized carbons (Fsp3) is 0.571. The molecule has 3 heterocycles. The summed E-state index contributed by atoms with van der Waals surface area (Å²) in [6.45, 7) is 6.50. The minimum Gasteiger partial charge on any atom is -0.432 e. The summed E-state index contributed by atoms with van der Waals surface area (Å²) in [6.07, 6.45) is 2.64. The standard InChI is InChI=1S/C21H29IN4O4Si/c1-13-19(31(3,4)29)18(7-9-26-12-15(8-10-27)23-24-26)30-21(13)16-11-14(22)5-6-17(16)25(2)20(21)28/h5-6,11-13,18-19,27,29H,7-10H2,1-4H3/t13-,18+,19-,21+/m0/s1. The summed E-state index contributed by atoms with van der Waals surface area (Å²) in [5.74, 6) is -0.215. The first kappa shape index (κ1) is 22.8. The van der Waals surface area contributed by atoms with Gasteiger partial charge in [-0.1, -0.05) is 12.1 Å². The number of ether oxygens (including phenoxy) is 1. The molecular weight excluding hydrogens is 527 g/mol. The number of amides is 1. The van der Waals surface area contributed by atoms with Crippen LogP contribution in [0.3, 0.4) is 0 Å². The van der Waals surface area contributed by atoms with Crippen LogP contribution in [0.25, 0.3) is 0 Å². The number of halogens is 1. The first-order chi connectivity index (χ1) is 14.6. The van der Waals surface area contributed by atoms with E-state index in [1.807, 2.05) is 44.4 Å². The van der Waals surface area contributed by atoms with E-state index in [0.717, 1.165) is 20.5 Å². The molecule has 0 radical (unpaired) electrons. The summed E-state index contributed by atoms with van der Waals surface area (Å²) < 4.78 is 9.47. The molecule has 31 heavy (non-hydrogen) atoms. The lowest BCUT2D eigenvalue weighted by molar-refractivity contribution is -0.145. The zero-order valence-electron chi connectivity index (χ0n) is 18.2. The molecule has 0 saturated carbocycles. The Bertz CT molecular complexity index is 994. The number of aromatic nitrogens is 3. The van der Waals surface area contributed by atoms with Gasteiger partial charge in [0.05, 0.1) is 17.5 Å². The molecule has 4 rings (SSSR count). The average Bonchev–Trinajstić information content (AvgIpc) is 3.32. The van der Waals surface area contributed by atoms with Gasteiger partial charge in [-0.25, -0.2) is 0 Å². The molecule has 1 aromatic heterocycles. The molecule has 4 atom stereocenters. The van der Waals surface area contributed by atoms with Gasteiger partial charge in [0.2, 0.25) is 0 Å². The van der Waals surface area contributed by atoms with Gasteiger partial charge in [0.15, 0.2) is 13.9 Å². The molecule has 1 spiro atoms. The van der Waals surface area contributed by atoms with Crippen LogP contribution >= 0.6 is 22.6 Å². The average molecular weight is 556 g/mol. The van der Waals surface area contributed by atoms with Crippen LogP contribution in [0.5, 0.6) is 0 Å². The Kier molecular flexibility index (Phi) is 6.05. The molecule has 2 N–H and O–H groups in total. The largest absolute Gasteiger partial charge is 0.432 e. The van der Waals surface area contributed by atoms with Crippen molar-refractivity contribution in [2.45, 2.75) is 56.7 Å². The van der Waals surface area contributed by atoms with Crippen molar-refractivity contribution in [1.29, 1.82) is 0 Å². The smallest absolute Gasteiger partial charge is 0.264 e. The summed E-state index contributed by atoms with van der Waals surface area (Å²) in [6, 6.07) is 6.01. The van der Waals surface area contributed by atoms with Crippen molar-refractivity contribution >= 4 is 42.5 Å². The van der Waals surface area contributed by atoms with Crippen LogP contribution in [-0.2, 0) is 28.1 Å². The van der Waals surface area contributed by atoms with Crippen molar-refractivity contribution in [3.8, 4) is 0 Å². The summed E-state index contributed by atoms with van der Waals surface area (Å²) >= 11 is 2.26. The number of rotatable bonds is 6. The van der Waals surface area contributed by atoms with Crippen LogP contribution in [0.15, 0.2) is 24.4 Å². The van der Waals surface area contributed by atoms with Gasteiger partial charge in [0.25, 0.3) is 5.91 Å². The number of carbonyl (C=O) groups is 1. The summed E-state index contributed by atoms with van der Waals surface area (Å²) in [5.41, 5.74) is 1.34. The maximum absolute atomic E-state index is 13.6. The fourth-order valence-electron chi connectivity index (χ4n) is 5.36. The molecule has 0 bridgehead atoms. The highest BCUT2D eigenvalue weighted by Gasteiger charge is 2.65. The second-order valence-corrected chi connectivity index (χ2v) is 14.3. The molecule has 10 heteroatoms. The van der Waals surface area contributed by atoms with E-state index in [2.05, 4.69) is 32.9 Å². The molecule has 2 aromatic rings. The number of carbonyl (C=O) groups excluding carboxylic acids is 1. The summed E-state index contributed by atoms with van der Waals surface area (Å²) in [7, 11) is -0.859. The number of hydrogen-bond acceptors (Lipinski definition) is 6. The van der Waals surface area contributed by atoms with E-state index in [4.69, 9.17) is 9.84 Å². The second kappa shape index (κ2) is 8.21. The fourth-order valence-corrected chi connectivity index (χ4v) is 8.46.